The molecule has 2 heterocycles. The number of piperidine rings is 1. The van der Waals surface area contributed by atoms with Gasteiger partial charge in [-0.2, -0.15) is 4.31 Å². The zero-order chi connectivity index (χ0) is 19.7. The van der Waals surface area contributed by atoms with Gasteiger partial charge in [0, 0.05) is 23.9 Å². The lowest BCUT2D eigenvalue weighted by molar-refractivity contribution is -0.120. The molecule has 0 atom stereocenters. The van der Waals surface area contributed by atoms with Gasteiger partial charge in [0.1, 0.15) is 0 Å². The van der Waals surface area contributed by atoms with E-state index in [-0.39, 0.29) is 11.8 Å². The molecule has 0 spiro atoms. The Hall–Kier alpha value is -1.77. The number of nitrogens with zero attached hydrogens (tertiary/aromatic N) is 2. The smallest absolute Gasteiger partial charge is 0.243 e. The van der Waals surface area contributed by atoms with Crippen molar-refractivity contribution in [3.8, 4) is 0 Å². The summed E-state index contributed by atoms with van der Waals surface area (Å²) in [6.45, 7) is 2.66. The largest absolute Gasteiger partial charge is 0.302 e. The van der Waals surface area contributed by atoms with Crippen LogP contribution in [0.4, 0.5) is 5.13 Å². The third-order valence-corrected chi connectivity index (χ3v) is 8.54. The predicted molar refractivity (Wildman–Crippen MR) is 110 cm³/mol. The molecule has 1 saturated heterocycles. The molecule has 1 N–H and O–H groups in total. The SMILES string of the molecule is Cc1ccc(S(=O)(=O)N2CCC(C(=O)Nc3nc4c(s3)CCCC4)CC2)cc1. The summed E-state index contributed by atoms with van der Waals surface area (Å²) in [4.78, 5) is 18.8. The van der Waals surface area contributed by atoms with Crippen LogP contribution in [0.5, 0.6) is 0 Å². The summed E-state index contributed by atoms with van der Waals surface area (Å²) >= 11 is 1.58. The van der Waals surface area contributed by atoms with E-state index in [1.165, 1.54) is 15.6 Å². The number of benzene rings is 1. The van der Waals surface area contributed by atoms with Gasteiger partial charge in [-0.1, -0.05) is 17.7 Å². The van der Waals surface area contributed by atoms with Crippen LogP contribution in [0.3, 0.4) is 0 Å². The molecule has 28 heavy (non-hydrogen) atoms. The number of fused-ring (bicyclic) bond motifs is 1. The highest BCUT2D eigenvalue weighted by molar-refractivity contribution is 7.89. The minimum Gasteiger partial charge on any atom is -0.302 e. The maximum absolute atomic E-state index is 12.8. The number of nitrogens with one attached hydrogen (secondary N) is 1. The van der Waals surface area contributed by atoms with Gasteiger partial charge in [-0.15, -0.1) is 11.3 Å². The molecule has 0 saturated carbocycles. The number of sulfonamides is 1. The van der Waals surface area contributed by atoms with E-state index < -0.39 is 10.0 Å². The van der Waals surface area contributed by atoms with Crippen molar-refractivity contribution in [3.63, 3.8) is 0 Å². The van der Waals surface area contributed by atoms with E-state index in [0.717, 1.165) is 30.5 Å². The van der Waals surface area contributed by atoms with E-state index in [2.05, 4.69) is 10.3 Å². The van der Waals surface area contributed by atoms with Crippen molar-refractivity contribution in [2.75, 3.05) is 18.4 Å². The number of carbonyl (C=O) groups is 1. The van der Waals surface area contributed by atoms with Gasteiger partial charge in [0.25, 0.3) is 0 Å². The second kappa shape index (κ2) is 7.93. The van der Waals surface area contributed by atoms with E-state index >= 15 is 0 Å². The molecule has 1 aromatic heterocycles. The van der Waals surface area contributed by atoms with Crippen molar-refractivity contribution in [1.82, 2.24) is 9.29 Å². The van der Waals surface area contributed by atoms with Gasteiger partial charge in [0.2, 0.25) is 15.9 Å². The fraction of sp³-hybridized carbons (Fsp3) is 0.500. The van der Waals surface area contributed by atoms with E-state index in [1.807, 2.05) is 6.92 Å². The maximum atomic E-state index is 12.8. The van der Waals surface area contributed by atoms with Crippen LogP contribution >= 0.6 is 11.3 Å². The first-order valence-electron chi connectivity index (χ1n) is 9.80. The van der Waals surface area contributed by atoms with Crippen molar-refractivity contribution in [2.24, 2.45) is 5.92 Å². The fourth-order valence-electron chi connectivity index (χ4n) is 3.83. The van der Waals surface area contributed by atoms with Crippen LogP contribution in [0.1, 0.15) is 41.8 Å². The maximum Gasteiger partial charge on any atom is 0.243 e. The molecule has 1 aliphatic heterocycles. The molecule has 8 heteroatoms. The lowest BCUT2D eigenvalue weighted by atomic mass is 9.97. The standard InChI is InChI=1S/C20H25N3O3S2/c1-14-6-8-16(9-7-14)28(25,26)23-12-10-15(11-13-23)19(24)22-20-21-17-4-2-3-5-18(17)27-20/h6-9,15H,2-5,10-13H2,1H3,(H,21,22,24). The van der Waals surface area contributed by atoms with Gasteiger partial charge >= 0.3 is 0 Å². The van der Waals surface area contributed by atoms with E-state index in [9.17, 15) is 13.2 Å². The van der Waals surface area contributed by atoms with Gasteiger partial charge in [0.05, 0.1) is 10.6 Å². The van der Waals surface area contributed by atoms with E-state index in [4.69, 9.17) is 0 Å². The lowest BCUT2D eigenvalue weighted by Gasteiger charge is -2.30. The highest BCUT2D eigenvalue weighted by Crippen LogP contribution is 2.31. The van der Waals surface area contributed by atoms with Crippen LogP contribution in [-0.4, -0.2) is 36.7 Å². The summed E-state index contributed by atoms with van der Waals surface area (Å²) in [5.41, 5.74) is 2.16. The zero-order valence-electron chi connectivity index (χ0n) is 16.0. The molecule has 1 aromatic carbocycles. The summed E-state index contributed by atoms with van der Waals surface area (Å²) in [5, 5.41) is 3.65. The average molecular weight is 420 g/mol. The number of anilines is 1. The van der Waals surface area contributed by atoms with Gasteiger partial charge in [0.15, 0.2) is 5.13 Å². The number of hydrogen-bond acceptors (Lipinski definition) is 5. The van der Waals surface area contributed by atoms with E-state index in [1.54, 1.807) is 35.6 Å². The van der Waals surface area contributed by atoms with Gasteiger partial charge in [-0.05, 0) is 57.6 Å². The molecule has 0 unspecified atom stereocenters. The molecule has 6 nitrogen and oxygen atoms in total. The second-order valence-corrected chi connectivity index (χ2v) is 10.6. The zero-order valence-corrected chi connectivity index (χ0v) is 17.6. The Morgan fingerprint density at radius 1 is 1.14 bits per heavy atom. The van der Waals surface area contributed by atoms with Crippen LogP contribution in [0, 0.1) is 12.8 Å². The molecule has 2 aromatic rings. The van der Waals surface area contributed by atoms with E-state index in [0.29, 0.717) is 36.0 Å². The van der Waals surface area contributed by atoms with Gasteiger partial charge in [-0.3, -0.25) is 4.79 Å². The van der Waals surface area contributed by atoms with Crippen LogP contribution in [-0.2, 0) is 27.7 Å². The monoisotopic (exact) mass is 419 g/mol. The molecule has 2 aliphatic rings. The number of aryl methyl sites for hydroxylation is 3. The molecule has 1 aliphatic carbocycles. The quantitative estimate of drug-likeness (QED) is 0.824. The normalized spacial score (nSPS) is 18.6. The number of rotatable bonds is 4. The molecular weight excluding hydrogens is 394 g/mol. The molecule has 0 radical (unpaired) electrons. The summed E-state index contributed by atoms with van der Waals surface area (Å²) in [6, 6.07) is 6.91. The van der Waals surface area contributed by atoms with Crippen molar-refractivity contribution in [2.45, 2.75) is 50.3 Å². The predicted octanol–water partition coefficient (Wildman–Crippen LogP) is 3.37. The Labute approximate surface area is 170 Å². The topological polar surface area (TPSA) is 79.4 Å². The number of carbonyl (C=O) groups excluding carboxylic acids is 1. The fourth-order valence-corrected chi connectivity index (χ4v) is 6.35. The first-order chi connectivity index (χ1) is 13.4. The van der Waals surface area contributed by atoms with Crippen molar-refractivity contribution in [1.29, 1.82) is 0 Å². The Bertz CT molecular complexity index is 936. The van der Waals surface area contributed by atoms with Crippen LogP contribution in [0.2, 0.25) is 0 Å². The van der Waals surface area contributed by atoms with Crippen LogP contribution in [0.15, 0.2) is 29.2 Å². The molecule has 1 fully saturated rings. The molecule has 0 bridgehead atoms. The van der Waals surface area contributed by atoms with Crippen LogP contribution in [0.25, 0.3) is 0 Å². The number of amides is 1. The first-order valence-corrected chi connectivity index (χ1v) is 12.1. The highest BCUT2D eigenvalue weighted by Gasteiger charge is 2.32. The summed E-state index contributed by atoms with van der Waals surface area (Å²) in [7, 11) is -3.50. The Balaban J connectivity index is 1.36. The van der Waals surface area contributed by atoms with Crippen molar-refractivity contribution in [3.05, 3.63) is 40.4 Å². The first kappa shape index (κ1) is 19.5. The molecule has 1 amide bonds. The lowest BCUT2D eigenvalue weighted by Crippen LogP contribution is -2.41. The third-order valence-electron chi connectivity index (χ3n) is 5.56. The Morgan fingerprint density at radius 3 is 2.50 bits per heavy atom. The van der Waals surface area contributed by atoms with Gasteiger partial charge in [-0.25, -0.2) is 13.4 Å². The third kappa shape index (κ3) is 3.99. The molecule has 150 valence electrons. The van der Waals surface area contributed by atoms with Crippen molar-refractivity contribution >= 4 is 32.4 Å². The number of thiazole rings is 1. The number of aromatic nitrogens is 1. The summed E-state index contributed by atoms with van der Waals surface area (Å²) in [6.07, 6.45) is 5.47. The van der Waals surface area contributed by atoms with Crippen molar-refractivity contribution < 1.29 is 13.2 Å². The molecule has 4 rings (SSSR count). The Morgan fingerprint density at radius 2 is 1.82 bits per heavy atom. The summed E-state index contributed by atoms with van der Waals surface area (Å²) < 4.78 is 27.1. The molecular formula is C20H25N3O3S2. The number of hydrogen-bond donors (Lipinski definition) is 1. The minimum atomic E-state index is -3.50. The van der Waals surface area contributed by atoms with Crippen LogP contribution < -0.4 is 5.32 Å². The highest BCUT2D eigenvalue weighted by atomic mass is 32.2. The Kier molecular flexibility index (Phi) is 5.53. The minimum absolute atomic E-state index is 0.0431. The average Bonchev–Trinajstić information content (AvgIpc) is 3.10. The second-order valence-electron chi connectivity index (χ2n) is 7.58. The van der Waals surface area contributed by atoms with Gasteiger partial charge < -0.3 is 5.32 Å². The summed E-state index contributed by atoms with van der Waals surface area (Å²) in [5.74, 6) is -0.219.